The Labute approximate surface area is 188 Å². The minimum atomic E-state index is -1.10. The normalized spacial score (nSPS) is 12.8. The second-order valence-electron chi connectivity index (χ2n) is 6.30. The van der Waals surface area contributed by atoms with E-state index in [1.165, 1.54) is 23.1 Å². The first-order valence-corrected chi connectivity index (χ1v) is 11.9. The number of aliphatic carboxylic acids is 1. The number of hydrogen-bond acceptors (Lipinski definition) is 8. The van der Waals surface area contributed by atoms with Gasteiger partial charge in [-0.25, -0.2) is 9.78 Å². The van der Waals surface area contributed by atoms with Gasteiger partial charge in [0.2, 0.25) is 5.91 Å². The molecule has 0 saturated heterocycles. The molecule has 0 aliphatic carbocycles. The largest absolute Gasteiger partial charge is 0.480 e. The first kappa shape index (κ1) is 24.2. The van der Waals surface area contributed by atoms with E-state index in [2.05, 4.69) is 28.2 Å². The number of nitrogens with two attached hydrogens (primary N) is 1. The summed E-state index contributed by atoms with van der Waals surface area (Å²) in [5.74, 6) is -1.22. The monoisotopic (exact) mass is 468 g/mol. The van der Waals surface area contributed by atoms with Gasteiger partial charge in [-0.15, -0.1) is 11.3 Å². The zero-order valence-electron chi connectivity index (χ0n) is 16.3. The predicted octanol–water partition coefficient (Wildman–Crippen LogP) is 1.62. The summed E-state index contributed by atoms with van der Waals surface area (Å²) in [6, 6.07) is 7.46. The third kappa shape index (κ3) is 6.73. The molecular formula is C19H24N4O4S3. The van der Waals surface area contributed by atoms with Gasteiger partial charge in [-0.3, -0.25) is 9.59 Å². The van der Waals surface area contributed by atoms with Gasteiger partial charge in [-0.05, 0) is 24.0 Å². The quantitative estimate of drug-likeness (QED) is 0.316. The van der Waals surface area contributed by atoms with Crippen molar-refractivity contribution in [2.24, 2.45) is 5.73 Å². The van der Waals surface area contributed by atoms with Crippen LogP contribution in [-0.2, 0) is 16.1 Å². The van der Waals surface area contributed by atoms with Crippen molar-refractivity contribution in [1.82, 2.24) is 15.6 Å². The minimum absolute atomic E-state index is 0.104. The van der Waals surface area contributed by atoms with Crippen molar-refractivity contribution < 1.29 is 19.5 Å². The highest BCUT2D eigenvalue weighted by Crippen LogP contribution is 2.30. The SMILES string of the molecule is CSCC[C@H](NC(=O)c1nc(CNC(=O)C(N)CS)sc1-c1ccccc1)C(=O)O. The molecule has 2 atom stereocenters. The number of thioether (sulfide) groups is 1. The summed E-state index contributed by atoms with van der Waals surface area (Å²) in [6.07, 6.45) is 2.17. The molecule has 8 nitrogen and oxygen atoms in total. The molecule has 162 valence electrons. The summed E-state index contributed by atoms with van der Waals surface area (Å²) in [5, 5.41) is 15.1. The zero-order chi connectivity index (χ0) is 22.1. The number of hydrogen-bond donors (Lipinski definition) is 5. The average molecular weight is 469 g/mol. The van der Waals surface area contributed by atoms with Crippen LogP contribution in [-0.4, -0.2) is 57.7 Å². The lowest BCUT2D eigenvalue weighted by molar-refractivity contribution is -0.139. The van der Waals surface area contributed by atoms with E-state index in [4.69, 9.17) is 5.73 Å². The standard InChI is InChI=1S/C19H24N4O4S3/c1-29-8-7-13(19(26)27)22-18(25)15-16(11-5-3-2-4-6-11)30-14(23-15)9-21-17(24)12(20)10-28/h2-6,12-13,28H,7-10,20H2,1H3,(H,21,24)(H,22,25)(H,26,27)/t12?,13-/m0/s1. The first-order chi connectivity index (χ1) is 14.4. The van der Waals surface area contributed by atoms with E-state index in [-0.39, 0.29) is 23.9 Å². The van der Waals surface area contributed by atoms with Crippen LogP contribution in [0.25, 0.3) is 10.4 Å². The lowest BCUT2D eigenvalue weighted by Crippen LogP contribution is -2.42. The van der Waals surface area contributed by atoms with Crippen molar-refractivity contribution in [2.75, 3.05) is 17.8 Å². The number of carbonyl (C=O) groups is 3. The summed E-state index contributed by atoms with van der Waals surface area (Å²) >= 11 is 6.76. The maximum atomic E-state index is 12.9. The van der Waals surface area contributed by atoms with Gasteiger partial charge >= 0.3 is 5.97 Å². The average Bonchev–Trinajstić information content (AvgIpc) is 3.19. The third-order valence-electron chi connectivity index (χ3n) is 4.08. The van der Waals surface area contributed by atoms with E-state index < -0.39 is 24.0 Å². The van der Waals surface area contributed by atoms with Gasteiger partial charge in [0.05, 0.1) is 17.5 Å². The molecule has 0 aliphatic rings. The van der Waals surface area contributed by atoms with E-state index in [9.17, 15) is 19.5 Å². The Bertz CT molecular complexity index is 876. The molecule has 1 aromatic heterocycles. The van der Waals surface area contributed by atoms with Gasteiger partial charge in [0.1, 0.15) is 16.7 Å². The Balaban J connectivity index is 2.27. The van der Waals surface area contributed by atoms with Crippen LogP contribution in [0.5, 0.6) is 0 Å². The molecular weight excluding hydrogens is 444 g/mol. The molecule has 0 fully saturated rings. The number of aromatic nitrogens is 1. The van der Waals surface area contributed by atoms with E-state index >= 15 is 0 Å². The van der Waals surface area contributed by atoms with Gasteiger partial charge in [0.25, 0.3) is 5.91 Å². The Morgan fingerprint density at radius 2 is 2.00 bits per heavy atom. The molecule has 5 N–H and O–H groups in total. The minimum Gasteiger partial charge on any atom is -0.480 e. The molecule has 11 heteroatoms. The van der Waals surface area contributed by atoms with Crippen LogP contribution >= 0.6 is 35.7 Å². The van der Waals surface area contributed by atoms with E-state index in [0.717, 1.165) is 5.56 Å². The van der Waals surface area contributed by atoms with Crippen molar-refractivity contribution in [3.8, 4) is 10.4 Å². The highest BCUT2D eigenvalue weighted by Gasteiger charge is 2.25. The molecule has 0 aliphatic heterocycles. The number of nitrogens with one attached hydrogen (secondary N) is 2. The van der Waals surface area contributed by atoms with Crippen molar-refractivity contribution in [3.63, 3.8) is 0 Å². The molecule has 0 radical (unpaired) electrons. The smallest absolute Gasteiger partial charge is 0.326 e. The number of benzene rings is 1. The van der Waals surface area contributed by atoms with Crippen LogP contribution in [0.2, 0.25) is 0 Å². The molecule has 1 unspecified atom stereocenters. The Morgan fingerprint density at radius 3 is 2.60 bits per heavy atom. The molecule has 30 heavy (non-hydrogen) atoms. The topological polar surface area (TPSA) is 134 Å². The maximum Gasteiger partial charge on any atom is 0.326 e. The van der Waals surface area contributed by atoms with Gasteiger partial charge in [0, 0.05) is 5.75 Å². The van der Waals surface area contributed by atoms with Crippen LogP contribution in [0.4, 0.5) is 0 Å². The molecule has 0 saturated carbocycles. The number of carboxylic acid groups (broad SMARTS) is 1. The molecule has 2 rings (SSSR count). The van der Waals surface area contributed by atoms with Crippen LogP contribution in [0.3, 0.4) is 0 Å². The molecule has 1 heterocycles. The lowest BCUT2D eigenvalue weighted by Gasteiger charge is -2.13. The van der Waals surface area contributed by atoms with Gasteiger partial charge in [-0.1, -0.05) is 30.3 Å². The second-order valence-corrected chi connectivity index (χ2v) is 8.74. The van der Waals surface area contributed by atoms with Crippen molar-refractivity contribution >= 4 is 53.5 Å². The Hall–Kier alpha value is -2.08. The molecule has 0 spiro atoms. The predicted molar refractivity (Wildman–Crippen MR) is 123 cm³/mol. The highest BCUT2D eigenvalue weighted by atomic mass is 32.2. The number of carbonyl (C=O) groups excluding carboxylic acids is 2. The van der Waals surface area contributed by atoms with Crippen LogP contribution in [0.1, 0.15) is 21.9 Å². The second kappa shape index (κ2) is 11.9. The summed E-state index contributed by atoms with van der Waals surface area (Å²) in [6.45, 7) is 0.104. The van der Waals surface area contributed by atoms with Gasteiger partial charge < -0.3 is 21.5 Å². The Kier molecular flexibility index (Phi) is 9.63. The fraction of sp³-hybridized carbons (Fsp3) is 0.368. The number of amides is 2. The highest BCUT2D eigenvalue weighted by molar-refractivity contribution is 7.98. The summed E-state index contributed by atoms with van der Waals surface area (Å²) in [7, 11) is 0. The molecule has 2 amide bonds. The number of rotatable bonds is 11. The van der Waals surface area contributed by atoms with Crippen LogP contribution < -0.4 is 16.4 Å². The molecule has 0 bridgehead atoms. The van der Waals surface area contributed by atoms with Gasteiger partial charge in [-0.2, -0.15) is 24.4 Å². The maximum absolute atomic E-state index is 12.9. The zero-order valence-corrected chi connectivity index (χ0v) is 18.9. The van der Waals surface area contributed by atoms with Crippen molar-refractivity contribution in [1.29, 1.82) is 0 Å². The molecule has 2 aromatic rings. The van der Waals surface area contributed by atoms with Crippen molar-refractivity contribution in [3.05, 3.63) is 41.0 Å². The Morgan fingerprint density at radius 1 is 1.30 bits per heavy atom. The first-order valence-electron chi connectivity index (χ1n) is 9.09. The summed E-state index contributed by atoms with van der Waals surface area (Å²) in [4.78, 5) is 41.2. The number of carboxylic acids is 1. The lowest BCUT2D eigenvalue weighted by atomic mass is 10.1. The molecule has 1 aromatic carbocycles. The summed E-state index contributed by atoms with van der Waals surface area (Å²) in [5.41, 5.74) is 6.56. The van der Waals surface area contributed by atoms with E-state index in [0.29, 0.717) is 22.1 Å². The van der Waals surface area contributed by atoms with Crippen LogP contribution in [0.15, 0.2) is 30.3 Å². The fourth-order valence-electron chi connectivity index (χ4n) is 2.48. The fourth-order valence-corrected chi connectivity index (χ4v) is 4.12. The van der Waals surface area contributed by atoms with E-state index in [1.807, 2.05) is 36.6 Å². The van der Waals surface area contributed by atoms with E-state index in [1.54, 1.807) is 0 Å². The number of thiol groups is 1. The number of nitrogens with zero attached hydrogens (tertiary/aromatic N) is 1. The van der Waals surface area contributed by atoms with Gasteiger partial charge in [0.15, 0.2) is 0 Å². The van der Waals surface area contributed by atoms with Crippen LogP contribution in [0, 0.1) is 0 Å². The summed E-state index contributed by atoms with van der Waals surface area (Å²) < 4.78 is 0. The number of thiazole rings is 1. The van der Waals surface area contributed by atoms with Crippen molar-refractivity contribution in [2.45, 2.75) is 25.0 Å². The third-order valence-corrected chi connectivity index (χ3v) is 6.23.